The molecule has 0 radical (unpaired) electrons. The van der Waals surface area contributed by atoms with Gasteiger partial charge in [-0.15, -0.1) is 0 Å². The van der Waals surface area contributed by atoms with Gasteiger partial charge in [-0.2, -0.15) is 0 Å². The Kier molecular flexibility index (Phi) is 5.05. The highest BCUT2D eigenvalue weighted by Crippen LogP contribution is 2.30. The van der Waals surface area contributed by atoms with Crippen LogP contribution in [0.15, 0.2) is 60.9 Å². The SMILES string of the molecule is Nc1nccn2c([C@@H]3CCCN3)nc(C(=O)c3ccc(Nc4ccccc4)cc3Cl)c12. The van der Waals surface area contributed by atoms with Crippen LogP contribution in [0.25, 0.3) is 5.52 Å². The molecule has 31 heavy (non-hydrogen) atoms. The van der Waals surface area contributed by atoms with Crippen molar-refractivity contribution < 1.29 is 4.79 Å². The molecule has 2 aromatic carbocycles. The quantitative estimate of drug-likeness (QED) is 0.405. The zero-order valence-electron chi connectivity index (χ0n) is 16.7. The minimum absolute atomic E-state index is 0.0729. The minimum atomic E-state index is -0.280. The summed E-state index contributed by atoms with van der Waals surface area (Å²) in [6, 6.07) is 15.1. The Morgan fingerprint density at radius 2 is 2.03 bits per heavy atom. The number of para-hydroxylation sites is 1. The van der Waals surface area contributed by atoms with Crippen molar-refractivity contribution in [1.29, 1.82) is 0 Å². The second-order valence-corrected chi connectivity index (χ2v) is 7.92. The fourth-order valence-electron chi connectivity index (χ4n) is 3.99. The molecule has 4 N–H and O–H groups in total. The van der Waals surface area contributed by atoms with Crippen LogP contribution in [0, 0.1) is 0 Å². The highest BCUT2D eigenvalue weighted by atomic mass is 35.5. The summed E-state index contributed by atoms with van der Waals surface area (Å²) in [7, 11) is 0. The molecule has 4 aromatic rings. The van der Waals surface area contributed by atoms with E-state index in [1.54, 1.807) is 24.5 Å². The third-order valence-electron chi connectivity index (χ3n) is 5.47. The van der Waals surface area contributed by atoms with Gasteiger partial charge in [0.1, 0.15) is 22.9 Å². The zero-order chi connectivity index (χ0) is 21.4. The summed E-state index contributed by atoms with van der Waals surface area (Å²) in [6.45, 7) is 0.922. The highest BCUT2D eigenvalue weighted by Gasteiger charge is 2.28. The Hall–Kier alpha value is -3.42. The zero-order valence-corrected chi connectivity index (χ0v) is 17.4. The van der Waals surface area contributed by atoms with Crippen LogP contribution >= 0.6 is 11.6 Å². The first-order valence-electron chi connectivity index (χ1n) is 10.1. The van der Waals surface area contributed by atoms with Crippen molar-refractivity contribution in [2.75, 3.05) is 17.6 Å². The number of benzene rings is 2. The Morgan fingerprint density at radius 3 is 2.77 bits per heavy atom. The van der Waals surface area contributed by atoms with Crippen LogP contribution in [0.5, 0.6) is 0 Å². The summed E-state index contributed by atoms with van der Waals surface area (Å²) >= 11 is 6.51. The Balaban J connectivity index is 1.53. The number of imidazole rings is 1. The number of rotatable bonds is 5. The molecule has 0 aliphatic carbocycles. The monoisotopic (exact) mass is 432 g/mol. The van der Waals surface area contributed by atoms with Crippen LogP contribution in [0.4, 0.5) is 17.2 Å². The van der Waals surface area contributed by atoms with Gasteiger partial charge in [-0.25, -0.2) is 9.97 Å². The van der Waals surface area contributed by atoms with Crippen LogP contribution in [-0.4, -0.2) is 26.7 Å². The van der Waals surface area contributed by atoms with Gasteiger partial charge in [-0.3, -0.25) is 9.20 Å². The Bertz CT molecular complexity index is 1260. The number of aromatic nitrogens is 3. The molecule has 3 heterocycles. The molecule has 5 rings (SSSR count). The number of halogens is 1. The second kappa shape index (κ2) is 8.02. The minimum Gasteiger partial charge on any atom is -0.382 e. The summed E-state index contributed by atoms with van der Waals surface area (Å²) in [4.78, 5) is 22.3. The number of ketones is 1. The molecule has 1 aliphatic heterocycles. The Labute approximate surface area is 184 Å². The van der Waals surface area contributed by atoms with Crippen LogP contribution in [0.1, 0.15) is 40.8 Å². The van der Waals surface area contributed by atoms with E-state index < -0.39 is 0 Å². The standard InChI is InChI=1S/C23H21ClN6O/c24-17-13-15(28-14-5-2-1-3-6-14)8-9-16(17)21(31)19-20-22(25)27-11-12-30(20)23(29-19)18-7-4-10-26-18/h1-3,5-6,8-9,11-13,18,26,28H,4,7,10H2,(H2,25,27)/t18-/m0/s1. The lowest BCUT2D eigenvalue weighted by Gasteiger charge is -2.09. The summed E-state index contributed by atoms with van der Waals surface area (Å²) in [5, 5.41) is 7.05. The molecule has 1 aliphatic rings. The van der Waals surface area contributed by atoms with Crippen molar-refractivity contribution in [1.82, 2.24) is 19.7 Å². The van der Waals surface area contributed by atoms with Gasteiger partial charge in [-0.05, 0) is 49.7 Å². The molecule has 1 saturated heterocycles. The van der Waals surface area contributed by atoms with Crippen LogP contribution in [0.3, 0.4) is 0 Å². The van der Waals surface area contributed by atoms with Crippen LogP contribution in [-0.2, 0) is 0 Å². The van der Waals surface area contributed by atoms with Gasteiger partial charge in [0.25, 0.3) is 0 Å². The van der Waals surface area contributed by atoms with Gasteiger partial charge in [0.05, 0.1) is 11.1 Å². The number of fused-ring (bicyclic) bond motifs is 1. The molecule has 1 fully saturated rings. The predicted octanol–water partition coefficient (Wildman–Crippen LogP) is 4.36. The number of nitrogens with one attached hydrogen (secondary N) is 2. The van der Waals surface area contributed by atoms with Gasteiger partial charge in [0, 0.05) is 29.3 Å². The molecule has 0 amide bonds. The predicted molar refractivity (Wildman–Crippen MR) is 122 cm³/mol. The Morgan fingerprint density at radius 1 is 1.19 bits per heavy atom. The number of carbonyl (C=O) groups is 1. The number of hydrogen-bond acceptors (Lipinski definition) is 6. The van der Waals surface area contributed by atoms with E-state index in [0.717, 1.165) is 36.6 Å². The largest absolute Gasteiger partial charge is 0.382 e. The normalized spacial score (nSPS) is 16.0. The number of nitrogen functional groups attached to an aromatic ring is 1. The number of nitrogens with zero attached hydrogens (tertiary/aromatic N) is 3. The van der Waals surface area contributed by atoms with E-state index in [-0.39, 0.29) is 23.3 Å². The van der Waals surface area contributed by atoms with E-state index in [4.69, 9.17) is 22.3 Å². The molecule has 0 saturated carbocycles. The molecule has 2 aromatic heterocycles. The van der Waals surface area contributed by atoms with Gasteiger partial charge < -0.3 is 16.4 Å². The van der Waals surface area contributed by atoms with Gasteiger partial charge in [0.15, 0.2) is 0 Å². The maximum atomic E-state index is 13.4. The number of hydrogen-bond donors (Lipinski definition) is 3. The summed E-state index contributed by atoms with van der Waals surface area (Å²) in [6.07, 6.45) is 5.42. The average molecular weight is 433 g/mol. The van der Waals surface area contributed by atoms with Gasteiger partial charge in [0.2, 0.25) is 5.78 Å². The molecule has 1 atom stereocenters. The molecule has 8 heteroatoms. The van der Waals surface area contributed by atoms with Crippen molar-refractivity contribution >= 4 is 40.1 Å². The van der Waals surface area contributed by atoms with Gasteiger partial charge in [-0.1, -0.05) is 29.8 Å². The molecule has 156 valence electrons. The van der Waals surface area contributed by atoms with Crippen molar-refractivity contribution in [3.63, 3.8) is 0 Å². The van der Waals surface area contributed by atoms with E-state index in [9.17, 15) is 4.79 Å². The molecule has 0 bridgehead atoms. The third-order valence-corrected chi connectivity index (χ3v) is 5.79. The van der Waals surface area contributed by atoms with Crippen molar-refractivity contribution in [2.45, 2.75) is 18.9 Å². The molecular weight excluding hydrogens is 412 g/mol. The lowest BCUT2D eigenvalue weighted by molar-refractivity contribution is 0.103. The molecule has 0 spiro atoms. The summed E-state index contributed by atoms with van der Waals surface area (Å²) in [5.74, 6) is 0.752. The van der Waals surface area contributed by atoms with E-state index >= 15 is 0 Å². The lowest BCUT2D eigenvalue weighted by atomic mass is 10.1. The number of nitrogens with two attached hydrogens (primary N) is 1. The van der Waals surface area contributed by atoms with E-state index in [1.165, 1.54) is 0 Å². The van der Waals surface area contributed by atoms with E-state index in [2.05, 4.69) is 15.6 Å². The summed E-state index contributed by atoms with van der Waals surface area (Å²) in [5.41, 5.74) is 9.02. The number of anilines is 3. The smallest absolute Gasteiger partial charge is 0.215 e. The maximum absolute atomic E-state index is 13.4. The topological polar surface area (TPSA) is 97.3 Å². The fraction of sp³-hybridized carbons (Fsp3) is 0.174. The van der Waals surface area contributed by atoms with Crippen molar-refractivity contribution in [3.8, 4) is 0 Å². The van der Waals surface area contributed by atoms with Crippen molar-refractivity contribution in [2.24, 2.45) is 0 Å². The third kappa shape index (κ3) is 3.62. The maximum Gasteiger partial charge on any atom is 0.215 e. The average Bonchev–Trinajstić information content (AvgIpc) is 3.43. The van der Waals surface area contributed by atoms with Crippen LogP contribution < -0.4 is 16.4 Å². The molecule has 0 unspecified atom stereocenters. The number of carbonyl (C=O) groups excluding carboxylic acids is 1. The molecular formula is C23H21ClN6O. The summed E-state index contributed by atoms with van der Waals surface area (Å²) < 4.78 is 1.86. The lowest BCUT2D eigenvalue weighted by Crippen LogP contribution is -2.16. The van der Waals surface area contributed by atoms with E-state index in [1.807, 2.05) is 40.8 Å². The first-order valence-corrected chi connectivity index (χ1v) is 10.5. The van der Waals surface area contributed by atoms with Crippen LogP contribution in [0.2, 0.25) is 5.02 Å². The fourth-order valence-corrected chi connectivity index (χ4v) is 4.26. The highest BCUT2D eigenvalue weighted by molar-refractivity contribution is 6.35. The van der Waals surface area contributed by atoms with E-state index in [0.29, 0.717) is 16.1 Å². The first-order chi connectivity index (χ1) is 15.1. The van der Waals surface area contributed by atoms with Gasteiger partial charge >= 0.3 is 0 Å². The molecule has 7 nitrogen and oxygen atoms in total. The van der Waals surface area contributed by atoms with Crippen molar-refractivity contribution in [3.05, 3.63) is 83.0 Å². The second-order valence-electron chi connectivity index (χ2n) is 7.51. The first kappa shape index (κ1) is 19.5.